The van der Waals surface area contributed by atoms with Crippen molar-refractivity contribution in [3.63, 3.8) is 0 Å². The van der Waals surface area contributed by atoms with Gasteiger partial charge >= 0.3 is 0 Å². The zero-order valence-corrected chi connectivity index (χ0v) is 10.5. The molecular formula is C13H17F2N3. The summed E-state index contributed by atoms with van der Waals surface area (Å²) in [6, 6.07) is 5.45. The van der Waals surface area contributed by atoms with Crippen LogP contribution in [0, 0.1) is 13.8 Å². The first kappa shape index (κ1) is 12.8. The van der Waals surface area contributed by atoms with Gasteiger partial charge in [0.2, 0.25) is 0 Å². The summed E-state index contributed by atoms with van der Waals surface area (Å²) in [6.45, 7) is 4.02. The molecule has 3 nitrogen and oxygen atoms in total. The zero-order chi connectivity index (χ0) is 13.3. The number of nitrogens with zero attached hydrogens (tertiary/aromatic N) is 1. The van der Waals surface area contributed by atoms with Crippen LogP contribution in [0.5, 0.6) is 0 Å². The normalized spacial score (nSPS) is 19.4. The molecule has 3 N–H and O–H groups in total. The predicted octanol–water partition coefficient (Wildman–Crippen LogP) is 2.83. The fourth-order valence-corrected chi connectivity index (χ4v) is 1.92. The van der Waals surface area contributed by atoms with E-state index in [4.69, 9.17) is 5.73 Å². The van der Waals surface area contributed by atoms with Crippen molar-refractivity contribution in [2.24, 2.45) is 10.7 Å². The fraction of sp³-hybridized carbons (Fsp3) is 0.462. The Morgan fingerprint density at radius 3 is 2.56 bits per heavy atom. The molecule has 0 aromatic heterocycles. The monoisotopic (exact) mass is 253 g/mol. The number of aryl methyl sites for hydroxylation is 2. The molecule has 0 aliphatic heterocycles. The molecule has 1 aliphatic carbocycles. The summed E-state index contributed by atoms with van der Waals surface area (Å²) in [4.78, 5) is 4.03. The second-order valence-electron chi connectivity index (χ2n) is 4.86. The maximum atomic E-state index is 12.6. The van der Waals surface area contributed by atoms with Crippen molar-refractivity contribution in [3.8, 4) is 0 Å². The lowest BCUT2D eigenvalue weighted by atomic mass is 9.89. The lowest BCUT2D eigenvalue weighted by Crippen LogP contribution is -2.40. The molecule has 0 spiro atoms. The Morgan fingerprint density at radius 2 is 2.00 bits per heavy atom. The molecule has 0 unspecified atom stereocenters. The van der Waals surface area contributed by atoms with Gasteiger partial charge in [0, 0.05) is 18.5 Å². The summed E-state index contributed by atoms with van der Waals surface area (Å²) in [5.74, 6) is -2.37. The van der Waals surface area contributed by atoms with Crippen LogP contribution in [0.15, 0.2) is 23.2 Å². The highest BCUT2D eigenvalue weighted by Crippen LogP contribution is 2.39. The molecule has 0 saturated heterocycles. The van der Waals surface area contributed by atoms with Gasteiger partial charge in [0.15, 0.2) is 5.96 Å². The lowest BCUT2D eigenvalue weighted by Gasteiger charge is -2.32. The second-order valence-corrected chi connectivity index (χ2v) is 4.86. The van der Waals surface area contributed by atoms with Gasteiger partial charge in [-0.25, -0.2) is 13.8 Å². The van der Waals surface area contributed by atoms with Crippen LogP contribution in [-0.4, -0.2) is 17.9 Å². The minimum atomic E-state index is -2.56. The van der Waals surface area contributed by atoms with E-state index < -0.39 is 5.92 Å². The van der Waals surface area contributed by atoms with Crippen molar-refractivity contribution in [3.05, 3.63) is 29.3 Å². The standard InChI is InChI=1S/C13H17F2N3/c1-8-3-4-10(5-9(8)2)17-12(16)18-11-6-13(14,15)7-11/h3-5,11H,6-7H2,1-2H3,(H3,16,17,18). The number of nitrogens with one attached hydrogen (secondary N) is 1. The van der Waals surface area contributed by atoms with Crippen LogP contribution in [0.2, 0.25) is 0 Å². The van der Waals surface area contributed by atoms with Crippen LogP contribution in [-0.2, 0) is 0 Å². The van der Waals surface area contributed by atoms with E-state index in [0.717, 1.165) is 11.3 Å². The number of guanidine groups is 1. The number of rotatable bonds is 2. The molecule has 2 rings (SSSR count). The van der Waals surface area contributed by atoms with E-state index in [1.807, 2.05) is 32.0 Å². The second kappa shape index (κ2) is 4.55. The molecule has 1 aliphatic rings. The van der Waals surface area contributed by atoms with E-state index in [2.05, 4.69) is 10.3 Å². The van der Waals surface area contributed by atoms with Gasteiger partial charge in [-0.05, 0) is 37.1 Å². The molecule has 1 fully saturated rings. The highest BCUT2D eigenvalue weighted by Gasteiger charge is 2.45. The first-order valence-electron chi connectivity index (χ1n) is 5.91. The molecule has 0 atom stereocenters. The molecule has 1 aromatic rings. The van der Waals surface area contributed by atoms with Crippen molar-refractivity contribution in [2.45, 2.75) is 38.7 Å². The summed E-state index contributed by atoms with van der Waals surface area (Å²) >= 11 is 0. The fourth-order valence-electron chi connectivity index (χ4n) is 1.92. The first-order valence-corrected chi connectivity index (χ1v) is 5.91. The van der Waals surface area contributed by atoms with Gasteiger partial charge in [-0.1, -0.05) is 6.07 Å². The number of alkyl halides is 2. The molecule has 1 saturated carbocycles. The number of hydrogen-bond donors (Lipinski definition) is 2. The van der Waals surface area contributed by atoms with Crippen LogP contribution in [0.1, 0.15) is 24.0 Å². The molecular weight excluding hydrogens is 236 g/mol. The number of aliphatic imine (C=N–C) groups is 1. The van der Waals surface area contributed by atoms with Gasteiger partial charge < -0.3 is 11.1 Å². The Morgan fingerprint density at radius 1 is 1.33 bits per heavy atom. The molecule has 0 bridgehead atoms. The maximum Gasteiger partial charge on any atom is 0.252 e. The van der Waals surface area contributed by atoms with E-state index in [0.29, 0.717) is 0 Å². The predicted molar refractivity (Wildman–Crippen MR) is 69.1 cm³/mol. The Labute approximate surface area is 105 Å². The number of anilines is 1. The topological polar surface area (TPSA) is 50.4 Å². The quantitative estimate of drug-likeness (QED) is 0.629. The van der Waals surface area contributed by atoms with Gasteiger partial charge in [0.05, 0.1) is 6.04 Å². The van der Waals surface area contributed by atoms with E-state index >= 15 is 0 Å². The molecule has 1 aromatic carbocycles. The third-order valence-corrected chi connectivity index (χ3v) is 3.17. The Balaban J connectivity index is 1.97. The number of hydrogen-bond acceptors (Lipinski definition) is 1. The third kappa shape index (κ3) is 2.97. The maximum absolute atomic E-state index is 12.6. The number of nitrogens with two attached hydrogens (primary N) is 1. The molecule has 98 valence electrons. The molecule has 0 radical (unpaired) electrons. The first-order chi connectivity index (χ1) is 8.35. The van der Waals surface area contributed by atoms with Crippen LogP contribution in [0.25, 0.3) is 0 Å². The van der Waals surface area contributed by atoms with Gasteiger partial charge in [0.1, 0.15) is 0 Å². The number of halogens is 2. The Hall–Kier alpha value is -1.65. The summed E-state index contributed by atoms with van der Waals surface area (Å²) in [6.07, 6.45) is -0.412. The van der Waals surface area contributed by atoms with E-state index in [-0.39, 0.29) is 24.8 Å². The SMILES string of the molecule is Cc1ccc(NC(N)=NC2CC(F)(F)C2)cc1C. The summed E-state index contributed by atoms with van der Waals surface area (Å²) < 4.78 is 25.3. The summed E-state index contributed by atoms with van der Waals surface area (Å²) in [7, 11) is 0. The van der Waals surface area contributed by atoms with Crippen LogP contribution in [0.4, 0.5) is 14.5 Å². The van der Waals surface area contributed by atoms with Gasteiger partial charge in [0.25, 0.3) is 5.92 Å². The molecule has 0 amide bonds. The van der Waals surface area contributed by atoms with Crippen molar-refractivity contribution in [2.75, 3.05) is 5.32 Å². The average Bonchev–Trinajstić information content (AvgIpc) is 2.21. The summed E-state index contributed by atoms with van der Waals surface area (Å²) in [5.41, 5.74) is 8.84. The van der Waals surface area contributed by atoms with E-state index in [1.54, 1.807) is 0 Å². The van der Waals surface area contributed by atoms with Gasteiger partial charge in [-0.2, -0.15) is 0 Å². The third-order valence-electron chi connectivity index (χ3n) is 3.17. The largest absolute Gasteiger partial charge is 0.370 e. The van der Waals surface area contributed by atoms with Crippen molar-refractivity contribution < 1.29 is 8.78 Å². The van der Waals surface area contributed by atoms with Crippen molar-refractivity contribution in [1.29, 1.82) is 0 Å². The van der Waals surface area contributed by atoms with Crippen molar-refractivity contribution in [1.82, 2.24) is 0 Å². The van der Waals surface area contributed by atoms with Crippen molar-refractivity contribution >= 4 is 11.6 Å². The zero-order valence-electron chi connectivity index (χ0n) is 10.5. The van der Waals surface area contributed by atoms with E-state index in [1.165, 1.54) is 5.56 Å². The number of benzene rings is 1. The highest BCUT2D eigenvalue weighted by atomic mass is 19.3. The Bertz CT molecular complexity index is 475. The molecule has 5 heteroatoms. The molecule has 0 heterocycles. The van der Waals surface area contributed by atoms with Gasteiger partial charge in [-0.15, -0.1) is 0 Å². The van der Waals surface area contributed by atoms with Crippen LogP contribution < -0.4 is 11.1 Å². The highest BCUT2D eigenvalue weighted by molar-refractivity contribution is 5.92. The van der Waals surface area contributed by atoms with Crippen LogP contribution >= 0.6 is 0 Å². The summed E-state index contributed by atoms with van der Waals surface area (Å²) in [5, 5.41) is 2.92. The van der Waals surface area contributed by atoms with Crippen LogP contribution in [0.3, 0.4) is 0 Å². The van der Waals surface area contributed by atoms with Gasteiger partial charge in [-0.3, -0.25) is 0 Å². The molecule has 18 heavy (non-hydrogen) atoms. The van der Waals surface area contributed by atoms with E-state index in [9.17, 15) is 8.78 Å². The smallest absolute Gasteiger partial charge is 0.252 e. The Kier molecular flexibility index (Phi) is 3.24. The average molecular weight is 253 g/mol. The minimum Gasteiger partial charge on any atom is -0.370 e. The lowest BCUT2D eigenvalue weighted by molar-refractivity contribution is -0.0834. The minimum absolute atomic E-state index is 0.193.